The van der Waals surface area contributed by atoms with Crippen molar-refractivity contribution in [1.29, 1.82) is 0 Å². The number of amides is 1. The van der Waals surface area contributed by atoms with Crippen molar-refractivity contribution in [2.75, 3.05) is 6.61 Å². The van der Waals surface area contributed by atoms with Crippen molar-refractivity contribution in [2.45, 2.75) is 264 Å². The monoisotopic (exact) mass is 666 g/mol. The highest BCUT2D eigenvalue weighted by Gasteiger charge is 2.19. The van der Waals surface area contributed by atoms with Crippen molar-refractivity contribution in [1.82, 2.24) is 5.32 Å². The van der Waals surface area contributed by atoms with Crippen LogP contribution < -0.4 is 5.32 Å². The third-order valence-corrected chi connectivity index (χ3v) is 10.4. The molecular weight excluding hydrogens is 578 g/mol. The largest absolute Gasteiger partial charge is 0.394 e. The highest BCUT2D eigenvalue weighted by atomic mass is 16.3. The van der Waals surface area contributed by atoms with Gasteiger partial charge in [-0.25, -0.2) is 0 Å². The van der Waals surface area contributed by atoms with E-state index in [-0.39, 0.29) is 12.5 Å². The normalized spacial score (nSPS) is 12.9. The maximum Gasteiger partial charge on any atom is 0.220 e. The van der Waals surface area contributed by atoms with Gasteiger partial charge in [0.2, 0.25) is 5.91 Å². The number of unbranched alkanes of at least 4 members (excludes halogenated alkanes) is 33. The Bertz CT molecular complexity index is 598. The Balaban J connectivity index is 3.26. The zero-order chi connectivity index (χ0) is 34.3. The van der Waals surface area contributed by atoms with Crippen LogP contribution in [0, 0.1) is 0 Å². The van der Waals surface area contributed by atoms with E-state index >= 15 is 0 Å². The van der Waals surface area contributed by atoms with Crippen molar-refractivity contribution < 1.29 is 15.0 Å². The minimum Gasteiger partial charge on any atom is -0.394 e. The molecule has 0 aliphatic rings. The Morgan fingerprint density at radius 1 is 0.426 bits per heavy atom. The zero-order valence-electron chi connectivity index (χ0n) is 32.3. The summed E-state index contributed by atoms with van der Waals surface area (Å²) in [4.78, 5) is 12.2. The third-order valence-electron chi connectivity index (χ3n) is 10.4. The average Bonchev–Trinajstić information content (AvgIpc) is 3.08. The second-order valence-electron chi connectivity index (χ2n) is 15.1. The highest BCUT2D eigenvalue weighted by molar-refractivity contribution is 5.76. The molecule has 0 fully saturated rings. The first-order valence-corrected chi connectivity index (χ1v) is 21.7. The highest BCUT2D eigenvalue weighted by Crippen LogP contribution is 2.17. The third kappa shape index (κ3) is 36.5. The molecule has 4 nitrogen and oxygen atoms in total. The van der Waals surface area contributed by atoms with E-state index in [2.05, 4.69) is 19.2 Å². The Morgan fingerprint density at radius 3 is 0.957 bits per heavy atom. The molecule has 0 aliphatic heterocycles. The van der Waals surface area contributed by atoms with E-state index in [0.29, 0.717) is 12.8 Å². The molecule has 4 heteroatoms. The summed E-state index contributed by atoms with van der Waals surface area (Å²) >= 11 is 0. The van der Waals surface area contributed by atoms with Crippen LogP contribution in [-0.2, 0) is 4.79 Å². The van der Waals surface area contributed by atoms with Crippen LogP contribution in [0.5, 0.6) is 0 Å². The van der Waals surface area contributed by atoms with E-state index in [1.807, 2.05) is 0 Å². The van der Waals surface area contributed by atoms with Gasteiger partial charge in [0.15, 0.2) is 0 Å². The number of aliphatic hydroxyl groups excluding tert-OH is 2. The van der Waals surface area contributed by atoms with Crippen molar-refractivity contribution in [2.24, 2.45) is 0 Å². The van der Waals surface area contributed by atoms with Crippen LogP contribution in [0.1, 0.15) is 251 Å². The van der Waals surface area contributed by atoms with Gasteiger partial charge in [-0.1, -0.05) is 232 Å². The first-order chi connectivity index (χ1) is 23.2. The lowest BCUT2D eigenvalue weighted by molar-refractivity contribution is -0.123. The van der Waals surface area contributed by atoms with Crippen molar-refractivity contribution in [3.05, 3.63) is 0 Å². The first kappa shape index (κ1) is 46.4. The van der Waals surface area contributed by atoms with Gasteiger partial charge in [0.25, 0.3) is 0 Å². The lowest BCUT2D eigenvalue weighted by Gasteiger charge is -2.22. The summed E-state index contributed by atoms with van der Waals surface area (Å²) in [5, 5.41) is 22.7. The molecule has 0 radical (unpaired) electrons. The van der Waals surface area contributed by atoms with Gasteiger partial charge in [-0.15, -0.1) is 0 Å². The van der Waals surface area contributed by atoms with Crippen LogP contribution in [-0.4, -0.2) is 34.9 Å². The number of rotatable bonds is 40. The van der Waals surface area contributed by atoms with Crippen LogP contribution in [0.15, 0.2) is 0 Å². The average molecular weight is 666 g/mol. The van der Waals surface area contributed by atoms with Crippen LogP contribution in [0.25, 0.3) is 0 Å². The molecular formula is C43H87NO3. The number of carbonyl (C=O) groups is 1. The molecule has 0 bridgehead atoms. The van der Waals surface area contributed by atoms with Crippen LogP contribution in [0.2, 0.25) is 0 Å². The Hall–Kier alpha value is -0.610. The number of hydrogen-bond acceptors (Lipinski definition) is 3. The van der Waals surface area contributed by atoms with Crippen LogP contribution in [0.4, 0.5) is 0 Å². The summed E-state index contributed by atoms with van der Waals surface area (Å²) in [5.74, 6) is -0.0351. The van der Waals surface area contributed by atoms with Crippen molar-refractivity contribution in [3.63, 3.8) is 0 Å². The molecule has 0 aliphatic carbocycles. The lowest BCUT2D eigenvalue weighted by Crippen LogP contribution is -2.45. The SMILES string of the molecule is CCCCCCCCCCCCCCCCCCCCCCCCCCCCCCCCCC(=O)NC(CO)C(O)CCCCCC. The summed E-state index contributed by atoms with van der Waals surface area (Å²) in [6.45, 7) is 4.27. The predicted molar refractivity (Wildman–Crippen MR) is 207 cm³/mol. The Morgan fingerprint density at radius 2 is 0.681 bits per heavy atom. The minimum atomic E-state index is -0.649. The molecule has 0 rings (SSSR count). The fraction of sp³-hybridized carbons (Fsp3) is 0.977. The molecule has 3 N–H and O–H groups in total. The van der Waals surface area contributed by atoms with Gasteiger partial charge in [-0.3, -0.25) is 4.79 Å². The van der Waals surface area contributed by atoms with E-state index in [9.17, 15) is 15.0 Å². The van der Waals surface area contributed by atoms with Crippen LogP contribution in [0.3, 0.4) is 0 Å². The molecule has 0 heterocycles. The predicted octanol–water partition coefficient (Wildman–Crippen LogP) is 13.3. The number of aliphatic hydroxyl groups is 2. The fourth-order valence-electron chi connectivity index (χ4n) is 7.01. The summed E-state index contributed by atoms with van der Waals surface area (Å²) in [5.41, 5.74) is 0. The number of carbonyl (C=O) groups excluding carboxylic acids is 1. The van der Waals surface area contributed by atoms with Gasteiger partial charge in [-0.05, 0) is 12.8 Å². The molecule has 282 valence electrons. The van der Waals surface area contributed by atoms with Crippen molar-refractivity contribution >= 4 is 5.91 Å². The summed E-state index contributed by atoms with van der Waals surface area (Å²) < 4.78 is 0. The maximum absolute atomic E-state index is 12.2. The molecule has 0 aromatic rings. The molecule has 0 aromatic heterocycles. The molecule has 0 spiro atoms. The molecule has 2 unspecified atom stereocenters. The van der Waals surface area contributed by atoms with Gasteiger partial charge >= 0.3 is 0 Å². The molecule has 47 heavy (non-hydrogen) atoms. The first-order valence-electron chi connectivity index (χ1n) is 21.7. The van der Waals surface area contributed by atoms with Gasteiger partial charge in [0, 0.05) is 6.42 Å². The summed E-state index contributed by atoms with van der Waals surface area (Å²) in [7, 11) is 0. The Labute approximate surface area is 295 Å². The zero-order valence-corrected chi connectivity index (χ0v) is 32.3. The fourth-order valence-corrected chi connectivity index (χ4v) is 7.01. The number of hydrogen-bond donors (Lipinski definition) is 3. The second kappa shape index (κ2) is 39.8. The molecule has 1 amide bonds. The smallest absolute Gasteiger partial charge is 0.220 e. The minimum absolute atomic E-state index is 0.0351. The Kier molecular flexibility index (Phi) is 39.3. The van der Waals surface area contributed by atoms with Gasteiger partial charge in [0.1, 0.15) is 0 Å². The van der Waals surface area contributed by atoms with Crippen LogP contribution >= 0.6 is 0 Å². The molecule has 0 aromatic carbocycles. The summed E-state index contributed by atoms with van der Waals surface area (Å²) in [6.07, 6.45) is 48.2. The van der Waals surface area contributed by atoms with Gasteiger partial charge < -0.3 is 15.5 Å². The van der Waals surface area contributed by atoms with E-state index < -0.39 is 12.1 Å². The van der Waals surface area contributed by atoms with Crippen molar-refractivity contribution in [3.8, 4) is 0 Å². The van der Waals surface area contributed by atoms with E-state index in [4.69, 9.17) is 0 Å². The van der Waals surface area contributed by atoms with Gasteiger partial charge in [0.05, 0.1) is 18.8 Å². The van der Waals surface area contributed by atoms with E-state index in [0.717, 1.165) is 32.1 Å². The summed E-state index contributed by atoms with van der Waals surface area (Å²) in [6, 6.07) is -0.525. The lowest BCUT2D eigenvalue weighted by atomic mass is 10.0. The van der Waals surface area contributed by atoms with E-state index in [1.54, 1.807) is 0 Å². The standard InChI is InChI=1S/C43H87NO3/c1-3-5-7-9-10-11-12-13-14-15-16-17-18-19-20-21-22-23-24-25-26-27-28-29-30-31-32-33-34-35-37-39-43(47)44-41(40-45)42(46)38-36-8-6-4-2/h41-42,45-46H,3-40H2,1-2H3,(H,44,47). The molecule has 0 saturated carbocycles. The molecule has 2 atom stereocenters. The van der Waals surface area contributed by atoms with E-state index in [1.165, 1.54) is 193 Å². The molecule has 0 saturated heterocycles. The second-order valence-corrected chi connectivity index (χ2v) is 15.1. The number of nitrogens with one attached hydrogen (secondary N) is 1. The quantitative estimate of drug-likeness (QED) is 0.0570. The topological polar surface area (TPSA) is 69.6 Å². The van der Waals surface area contributed by atoms with Gasteiger partial charge in [-0.2, -0.15) is 0 Å². The maximum atomic E-state index is 12.2.